The van der Waals surface area contributed by atoms with Gasteiger partial charge < -0.3 is 10.2 Å². The number of rotatable bonds is 6. The van der Waals surface area contributed by atoms with Crippen LogP contribution in [0.5, 0.6) is 0 Å². The van der Waals surface area contributed by atoms with E-state index in [2.05, 4.69) is 10.4 Å². The second-order valence-electron chi connectivity index (χ2n) is 8.93. The Morgan fingerprint density at radius 2 is 1.81 bits per heavy atom. The standard InChI is InChI=1S/C27H23F3N4O2/c1-27(29,30)26(36)32-22-14-24(35)34(25(22)17-7-3-2-4-8-17)20-11-12-23-19(13-20)15-31-33(23)16-18-9-5-6-10-21(18)28/h2-13,15,22,25H,14,16H2,1H3,(H,32,36)/t22-,25+/m1/s1. The first-order valence-corrected chi connectivity index (χ1v) is 11.5. The number of nitrogens with one attached hydrogen (secondary N) is 1. The van der Waals surface area contributed by atoms with Gasteiger partial charge in [0.25, 0.3) is 5.91 Å². The average Bonchev–Trinajstić information content (AvgIpc) is 3.40. The Morgan fingerprint density at radius 3 is 2.53 bits per heavy atom. The van der Waals surface area contributed by atoms with Crippen LogP contribution in [-0.4, -0.2) is 33.6 Å². The highest BCUT2D eigenvalue weighted by atomic mass is 19.3. The summed E-state index contributed by atoms with van der Waals surface area (Å²) in [5.41, 5.74) is 2.51. The van der Waals surface area contributed by atoms with Crippen LogP contribution in [0.3, 0.4) is 0 Å². The van der Waals surface area contributed by atoms with E-state index in [1.807, 2.05) is 6.07 Å². The molecule has 1 aliphatic heterocycles. The summed E-state index contributed by atoms with van der Waals surface area (Å²) in [7, 11) is 0. The van der Waals surface area contributed by atoms with Crippen LogP contribution in [0.25, 0.3) is 10.9 Å². The fourth-order valence-corrected chi connectivity index (χ4v) is 4.63. The zero-order valence-electron chi connectivity index (χ0n) is 19.4. The molecule has 1 aromatic heterocycles. The number of carbonyl (C=O) groups is 2. The summed E-state index contributed by atoms with van der Waals surface area (Å²) in [5, 5.41) is 7.48. The monoisotopic (exact) mass is 492 g/mol. The number of halogens is 3. The van der Waals surface area contributed by atoms with Crippen LogP contribution in [0.4, 0.5) is 18.9 Å². The molecule has 2 atom stereocenters. The van der Waals surface area contributed by atoms with Gasteiger partial charge in [0.05, 0.1) is 30.3 Å². The second-order valence-corrected chi connectivity index (χ2v) is 8.93. The van der Waals surface area contributed by atoms with E-state index in [0.717, 1.165) is 10.9 Å². The molecule has 184 valence electrons. The molecule has 1 N–H and O–H groups in total. The molecule has 5 rings (SSSR count). The summed E-state index contributed by atoms with van der Waals surface area (Å²) in [6.45, 7) is 0.769. The van der Waals surface area contributed by atoms with Crippen molar-refractivity contribution >= 4 is 28.4 Å². The van der Waals surface area contributed by atoms with E-state index in [-0.39, 0.29) is 24.7 Å². The first-order valence-electron chi connectivity index (χ1n) is 11.5. The zero-order chi connectivity index (χ0) is 25.4. The summed E-state index contributed by atoms with van der Waals surface area (Å²) in [4.78, 5) is 26.7. The third-order valence-electron chi connectivity index (χ3n) is 6.36. The van der Waals surface area contributed by atoms with Gasteiger partial charge in [-0.1, -0.05) is 48.5 Å². The molecule has 2 amide bonds. The predicted molar refractivity (Wildman–Crippen MR) is 129 cm³/mol. The maximum absolute atomic E-state index is 14.1. The van der Waals surface area contributed by atoms with Gasteiger partial charge in [0.2, 0.25) is 5.91 Å². The van der Waals surface area contributed by atoms with Crippen molar-refractivity contribution in [3.8, 4) is 0 Å². The van der Waals surface area contributed by atoms with Crippen molar-refractivity contribution in [1.29, 1.82) is 0 Å². The third-order valence-corrected chi connectivity index (χ3v) is 6.36. The highest BCUT2D eigenvalue weighted by Gasteiger charge is 2.45. The fraction of sp³-hybridized carbons (Fsp3) is 0.222. The van der Waals surface area contributed by atoms with Gasteiger partial charge >= 0.3 is 5.92 Å². The van der Waals surface area contributed by atoms with E-state index in [1.54, 1.807) is 71.5 Å². The van der Waals surface area contributed by atoms with Crippen LogP contribution in [0.2, 0.25) is 0 Å². The van der Waals surface area contributed by atoms with Gasteiger partial charge in [0.15, 0.2) is 0 Å². The molecule has 36 heavy (non-hydrogen) atoms. The minimum Gasteiger partial charge on any atom is -0.345 e. The van der Waals surface area contributed by atoms with Crippen molar-refractivity contribution in [2.45, 2.75) is 37.9 Å². The Bertz CT molecular complexity index is 1430. The molecule has 0 saturated carbocycles. The Hall–Kier alpha value is -4.14. The molecule has 0 aliphatic carbocycles. The van der Waals surface area contributed by atoms with Crippen LogP contribution in [0.15, 0.2) is 79.0 Å². The van der Waals surface area contributed by atoms with Crippen molar-refractivity contribution in [2.75, 3.05) is 4.90 Å². The molecule has 4 aromatic rings. The number of hydrogen-bond acceptors (Lipinski definition) is 3. The lowest BCUT2D eigenvalue weighted by atomic mass is 9.99. The lowest BCUT2D eigenvalue weighted by molar-refractivity contribution is -0.143. The molecule has 6 nitrogen and oxygen atoms in total. The lowest BCUT2D eigenvalue weighted by Gasteiger charge is -2.29. The largest absolute Gasteiger partial charge is 0.345 e. The van der Waals surface area contributed by atoms with E-state index in [9.17, 15) is 22.8 Å². The molecule has 1 fully saturated rings. The van der Waals surface area contributed by atoms with Crippen molar-refractivity contribution in [1.82, 2.24) is 15.1 Å². The fourth-order valence-electron chi connectivity index (χ4n) is 4.63. The maximum atomic E-state index is 14.1. The van der Waals surface area contributed by atoms with Crippen molar-refractivity contribution in [2.24, 2.45) is 0 Å². The van der Waals surface area contributed by atoms with Crippen LogP contribution in [0, 0.1) is 5.82 Å². The quantitative estimate of drug-likeness (QED) is 0.419. The first kappa shape index (κ1) is 23.6. The average molecular weight is 493 g/mol. The van der Waals surface area contributed by atoms with Gasteiger partial charge in [-0.05, 0) is 29.8 Å². The third kappa shape index (κ3) is 4.44. The maximum Gasteiger partial charge on any atom is 0.321 e. The van der Waals surface area contributed by atoms with E-state index in [4.69, 9.17) is 0 Å². The highest BCUT2D eigenvalue weighted by Crippen LogP contribution is 2.38. The van der Waals surface area contributed by atoms with E-state index in [0.29, 0.717) is 23.7 Å². The van der Waals surface area contributed by atoms with Gasteiger partial charge in [-0.15, -0.1) is 0 Å². The summed E-state index contributed by atoms with van der Waals surface area (Å²) in [6.07, 6.45) is 1.51. The molecule has 1 aliphatic rings. The number of benzene rings is 3. The van der Waals surface area contributed by atoms with Crippen LogP contribution >= 0.6 is 0 Å². The van der Waals surface area contributed by atoms with Crippen molar-refractivity contribution < 1.29 is 22.8 Å². The summed E-state index contributed by atoms with van der Waals surface area (Å²) >= 11 is 0. The normalized spacial score (nSPS) is 18.1. The van der Waals surface area contributed by atoms with Crippen molar-refractivity contribution in [3.63, 3.8) is 0 Å². The molecule has 2 heterocycles. The number of amides is 2. The van der Waals surface area contributed by atoms with E-state index in [1.165, 1.54) is 11.0 Å². The molecule has 0 unspecified atom stereocenters. The Kier molecular flexibility index (Phi) is 5.99. The molecular formula is C27H23F3N4O2. The lowest BCUT2D eigenvalue weighted by Crippen LogP contribution is -2.46. The number of nitrogens with zero attached hydrogens (tertiary/aromatic N) is 3. The zero-order valence-corrected chi connectivity index (χ0v) is 19.4. The minimum atomic E-state index is -3.57. The van der Waals surface area contributed by atoms with Crippen LogP contribution in [-0.2, 0) is 16.1 Å². The molecule has 0 spiro atoms. The summed E-state index contributed by atoms with van der Waals surface area (Å²) in [6, 6.07) is 19.3. The highest BCUT2D eigenvalue weighted by molar-refractivity contribution is 6.00. The van der Waals surface area contributed by atoms with Gasteiger partial charge in [-0.2, -0.15) is 13.9 Å². The smallest absolute Gasteiger partial charge is 0.321 e. The van der Waals surface area contributed by atoms with Crippen LogP contribution < -0.4 is 10.2 Å². The first-order chi connectivity index (χ1) is 17.2. The van der Waals surface area contributed by atoms with Gasteiger partial charge in [0.1, 0.15) is 5.82 Å². The SMILES string of the molecule is CC(F)(F)C(=O)N[C@@H]1CC(=O)N(c2ccc3c(cnn3Cc3ccccc3F)c2)[C@H]1c1ccccc1. The summed E-state index contributed by atoms with van der Waals surface area (Å²) < 4.78 is 43.1. The predicted octanol–water partition coefficient (Wildman–Crippen LogP) is 4.84. The number of hydrogen-bond donors (Lipinski definition) is 1. The number of fused-ring (bicyclic) bond motifs is 1. The number of anilines is 1. The number of alkyl halides is 2. The number of carbonyl (C=O) groups excluding carboxylic acids is 2. The summed E-state index contributed by atoms with van der Waals surface area (Å²) in [5.74, 6) is -5.61. The van der Waals surface area contributed by atoms with Crippen LogP contribution in [0.1, 0.15) is 30.5 Å². The van der Waals surface area contributed by atoms with E-state index >= 15 is 0 Å². The molecule has 9 heteroatoms. The molecule has 0 radical (unpaired) electrons. The van der Waals surface area contributed by atoms with E-state index < -0.39 is 23.9 Å². The Labute approximate surface area is 205 Å². The Balaban J connectivity index is 1.50. The molecule has 1 saturated heterocycles. The molecule has 0 bridgehead atoms. The minimum absolute atomic E-state index is 0.119. The number of aromatic nitrogens is 2. The Morgan fingerprint density at radius 1 is 1.08 bits per heavy atom. The van der Waals surface area contributed by atoms with Gasteiger partial charge in [-0.25, -0.2) is 4.39 Å². The van der Waals surface area contributed by atoms with Gasteiger partial charge in [-0.3, -0.25) is 14.3 Å². The molecule has 3 aromatic carbocycles. The topological polar surface area (TPSA) is 67.2 Å². The van der Waals surface area contributed by atoms with Gasteiger partial charge in [0, 0.05) is 30.0 Å². The van der Waals surface area contributed by atoms with Crippen molar-refractivity contribution in [3.05, 3.63) is 95.9 Å². The molecular weight excluding hydrogens is 469 g/mol. The second kappa shape index (κ2) is 9.14.